The summed E-state index contributed by atoms with van der Waals surface area (Å²) < 4.78 is 1.89. The maximum atomic E-state index is 9.27. The van der Waals surface area contributed by atoms with Gasteiger partial charge in [0.25, 0.3) is 0 Å². The van der Waals surface area contributed by atoms with Gasteiger partial charge in [-0.1, -0.05) is 36.4 Å². The highest BCUT2D eigenvalue weighted by Gasteiger charge is 2.10. The molecule has 0 bridgehead atoms. The molecule has 0 saturated carbocycles. The fourth-order valence-electron chi connectivity index (χ4n) is 2.93. The molecule has 2 aromatic carbocycles. The molecule has 2 N–H and O–H groups in total. The lowest BCUT2D eigenvalue weighted by Gasteiger charge is -2.15. The molecule has 0 saturated heterocycles. The van der Waals surface area contributed by atoms with Crippen LogP contribution in [-0.4, -0.2) is 24.6 Å². The molecule has 4 rings (SSSR count). The molecule has 1 unspecified atom stereocenters. The quantitative estimate of drug-likeness (QED) is 0.579. The lowest BCUT2D eigenvalue weighted by atomic mass is 10.1. The molecular formula is C20H19N5O. The summed E-state index contributed by atoms with van der Waals surface area (Å²) in [6.07, 6.45) is 5.14. The SMILES string of the molecule is CC(Nc1cncc(-n2cnc3cc(CO)ccc32)n1)c1ccccc1. The molecule has 0 fully saturated rings. The number of rotatable bonds is 5. The number of imidazole rings is 1. The summed E-state index contributed by atoms with van der Waals surface area (Å²) in [5.41, 5.74) is 3.75. The van der Waals surface area contributed by atoms with Gasteiger partial charge in [0.2, 0.25) is 0 Å². The fraction of sp³-hybridized carbons (Fsp3) is 0.150. The maximum absolute atomic E-state index is 9.27. The number of aliphatic hydroxyl groups excluding tert-OH is 1. The van der Waals surface area contributed by atoms with Crippen LogP contribution < -0.4 is 5.32 Å². The minimum atomic E-state index is -0.000610. The molecule has 130 valence electrons. The molecule has 2 aromatic heterocycles. The standard InChI is InChI=1S/C20H19N5O/c1-14(16-5-3-2-4-6-16)23-19-10-21-11-20(24-19)25-13-22-17-9-15(12-26)7-8-18(17)25/h2-11,13-14,26H,12H2,1H3,(H,23,24). The van der Waals surface area contributed by atoms with Gasteiger partial charge in [0.05, 0.1) is 30.0 Å². The summed E-state index contributed by atoms with van der Waals surface area (Å²) in [5.74, 6) is 1.39. The molecule has 0 aliphatic carbocycles. The number of hydrogen-bond donors (Lipinski definition) is 2. The van der Waals surface area contributed by atoms with Gasteiger partial charge in [0.1, 0.15) is 12.1 Å². The van der Waals surface area contributed by atoms with Crippen LogP contribution in [0.3, 0.4) is 0 Å². The molecule has 6 heteroatoms. The minimum absolute atomic E-state index is 0.000610. The van der Waals surface area contributed by atoms with Crippen molar-refractivity contribution >= 4 is 16.9 Å². The Morgan fingerprint density at radius 1 is 1.12 bits per heavy atom. The molecule has 0 aliphatic rings. The smallest absolute Gasteiger partial charge is 0.159 e. The van der Waals surface area contributed by atoms with E-state index in [-0.39, 0.29) is 12.6 Å². The Morgan fingerprint density at radius 2 is 1.96 bits per heavy atom. The van der Waals surface area contributed by atoms with Crippen molar-refractivity contribution < 1.29 is 5.11 Å². The van der Waals surface area contributed by atoms with Gasteiger partial charge >= 0.3 is 0 Å². The van der Waals surface area contributed by atoms with Crippen molar-refractivity contribution in [1.29, 1.82) is 0 Å². The molecule has 26 heavy (non-hydrogen) atoms. The van der Waals surface area contributed by atoms with Gasteiger partial charge in [-0.2, -0.15) is 0 Å². The first-order chi connectivity index (χ1) is 12.7. The van der Waals surface area contributed by atoms with Crippen LogP contribution in [0.5, 0.6) is 0 Å². The van der Waals surface area contributed by atoms with Crippen LogP contribution >= 0.6 is 0 Å². The first kappa shape index (κ1) is 16.2. The van der Waals surface area contributed by atoms with E-state index in [4.69, 9.17) is 0 Å². The second kappa shape index (κ2) is 6.93. The second-order valence-electron chi connectivity index (χ2n) is 6.13. The number of aliphatic hydroxyl groups is 1. The average molecular weight is 345 g/mol. The summed E-state index contributed by atoms with van der Waals surface area (Å²) in [6.45, 7) is 2.09. The predicted octanol–water partition coefficient (Wildman–Crippen LogP) is 3.48. The van der Waals surface area contributed by atoms with E-state index < -0.39 is 0 Å². The van der Waals surface area contributed by atoms with Crippen LogP contribution in [0.1, 0.15) is 24.1 Å². The average Bonchev–Trinajstić information content (AvgIpc) is 3.12. The van der Waals surface area contributed by atoms with Gasteiger partial charge in [0, 0.05) is 6.04 Å². The van der Waals surface area contributed by atoms with Crippen molar-refractivity contribution in [2.45, 2.75) is 19.6 Å². The number of aromatic nitrogens is 4. The van der Waals surface area contributed by atoms with Gasteiger partial charge in [0.15, 0.2) is 5.82 Å². The van der Waals surface area contributed by atoms with Gasteiger partial charge in [-0.15, -0.1) is 0 Å². The Bertz CT molecular complexity index is 1030. The molecule has 4 aromatic rings. The lowest BCUT2D eigenvalue weighted by molar-refractivity contribution is 0.282. The molecule has 0 amide bonds. The van der Waals surface area contributed by atoms with Crippen LogP contribution in [0.25, 0.3) is 16.9 Å². The molecule has 6 nitrogen and oxygen atoms in total. The van der Waals surface area contributed by atoms with Crippen LogP contribution in [0, 0.1) is 0 Å². The zero-order chi connectivity index (χ0) is 17.9. The Labute approximate surface area is 151 Å². The highest BCUT2D eigenvalue weighted by molar-refractivity contribution is 5.77. The van der Waals surface area contributed by atoms with Crippen molar-refractivity contribution in [2.24, 2.45) is 0 Å². The third-order valence-corrected chi connectivity index (χ3v) is 4.33. The fourth-order valence-corrected chi connectivity index (χ4v) is 2.93. The number of anilines is 1. The van der Waals surface area contributed by atoms with Gasteiger partial charge in [-0.3, -0.25) is 9.55 Å². The van der Waals surface area contributed by atoms with Crippen LogP contribution in [-0.2, 0) is 6.61 Å². The van der Waals surface area contributed by atoms with E-state index in [1.165, 1.54) is 5.56 Å². The van der Waals surface area contributed by atoms with Crippen LogP contribution in [0.4, 0.5) is 5.82 Å². The number of hydrogen-bond acceptors (Lipinski definition) is 5. The first-order valence-corrected chi connectivity index (χ1v) is 8.45. The molecule has 1 atom stereocenters. The number of nitrogens with one attached hydrogen (secondary N) is 1. The van der Waals surface area contributed by atoms with E-state index in [2.05, 4.69) is 39.3 Å². The largest absolute Gasteiger partial charge is 0.392 e. The zero-order valence-corrected chi connectivity index (χ0v) is 14.4. The summed E-state index contributed by atoms with van der Waals surface area (Å²) in [5, 5.41) is 12.7. The van der Waals surface area contributed by atoms with E-state index in [1.54, 1.807) is 18.7 Å². The summed E-state index contributed by atoms with van der Waals surface area (Å²) >= 11 is 0. The highest BCUT2D eigenvalue weighted by Crippen LogP contribution is 2.21. The Hall–Kier alpha value is -3.25. The first-order valence-electron chi connectivity index (χ1n) is 8.45. The molecule has 0 aliphatic heterocycles. The Morgan fingerprint density at radius 3 is 2.77 bits per heavy atom. The number of fused-ring (bicyclic) bond motifs is 1. The minimum Gasteiger partial charge on any atom is -0.392 e. The van der Waals surface area contributed by atoms with Crippen molar-refractivity contribution in [3.05, 3.63) is 78.4 Å². The second-order valence-corrected chi connectivity index (χ2v) is 6.13. The Kier molecular flexibility index (Phi) is 4.33. The normalized spacial score (nSPS) is 12.2. The Balaban J connectivity index is 1.64. The van der Waals surface area contributed by atoms with E-state index in [9.17, 15) is 5.11 Å². The van der Waals surface area contributed by atoms with Crippen molar-refractivity contribution in [2.75, 3.05) is 5.32 Å². The summed E-state index contributed by atoms with van der Waals surface area (Å²) in [4.78, 5) is 13.4. The van der Waals surface area contributed by atoms with Crippen molar-refractivity contribution in [3.63, 3.8) is 0 Å². The third kappa shape index (κ3) is 3.14. The monoisotopic (exact) mass is 345 g/mol. The lowest BCUT2D eigenvalue weighted by Crippen LogP contribution is -2.09. The van der Waals surface area contributed by atoms with Crippen LogP contribution in [0.15, 0.2) is 67.3 Å². The third-order valence-electron chi connectivity index (χ3n) is 4.33. The van der Waals surface area contributed by atoms with E-state index in [1.807, 2.05) is 41.0 Å². The zero-order valence-electron chi connectivity index (χ0n) is 14.4. The van der Waals surface area contributed by atoms with Crippen molar-refractivity contribution in [3.8, 4) is 5.82 Å². The van der Waals surface area contributed by atoms with Crippen LogP contribution in [0.2, 0.25) is 0 Å². The molecule has 0 radical (unpaired) electrons. The maximum Gasteiger partial charge on any atom is 0.159 e. The number of nitrogens with zero attached hydrogens (tertiary/aromatic N) is 4. The molecule has 0 spiro atoms. The van der Waals surface area contributed by atoms with E-state index in [0.29, 0.717) is 11.6 Å². The summed E-state index contributed by atoms with van der Waals surface area (Å²) in [6, 6.07) is 16.0. The molecular weight excluding hydrogens is 326 g/mol. The van der Waals surface area contributed by atoms with E-state index >= 15 is 0 Å². The van der Waals surface area contributed by atoms with E-state index in [0.717, 1.165) is 16.6 Å². The van der Waals surface area contributed by atoms with Gasteiger partial charge < -0.3 is 10.4 Å². The van der Waals surface area contributed by atoms with Gasteiger partial charge in [-0.05, 0) is 30.2 Å². The highest BCUT2D eigenvalue weighted by atomic mass is 16.3. The number of benzene rings is 2. The van der Waals surface area contributed by atoms with Gasteiger partial charge in [-0.25, -0.2) is 9.97 Å². The summed E-state index contributed by atoms with van der Waals surface area (Å²) in [7, 11) is 0. The van der Waals surface area contributed by atoms with Crippen molar-refractivity contribution in [1.82, 2.24) is 19.5 Å². The topological polar surface area (TPSA) is 75.9 Å². The molecule has 2 heterocycles. The predicted molar refractivity (Wildman–Crippen MR) is 101 cm³/mol.